The van der Waals surface area contributed by atoms with Gasteiger partial charge in [0.1, 0.15) is 0 Å². The lowest BCUT2D eigenvalue weighted by Gasteiger charge is -2.11. The molecule has 0 saturated carbocycles. The number of pyridine rings is 1. The molecule has 5 heteroatoms. The molecule has 0 atom stereocenters. The molecule has 0 aliphatic heterocycles. The van der Waals surface area contributed by atoms with Gasteiger partial charge < -0.3 is 10.6 Å². The first-order valence-corrected chi connectivity index (χ1v) is 9.23. The molecule has 0 unspecified atom stereocenters. The van der Waals surface area contributed by atoms with E-state index in [9.17, 15) is 9.59 Å². The molecule has 142 valence electrons. The highest BCUT2D eigenvalue weighted by molar-refractivity contribution is 6.08. The number of carbonyl (C=O) groups excluding carboxylic acids is 2. The van der Waals surface area contributed by atoms with Gasteiger partial charge in [-0.3, -0.25) is 14.6 Å². The topological polar surface area (TPSA) is 71.1 Å². The van der Waals surface area contributed by atoms with Crippen molar-refractivity contribution >= 4 is 34.1 Å². The molecule has 1 aromatic heterocycles. The highest BCUT2D eigenvalue weighted by Gasteiger charge is 2.12. The van der Waals surface area contributed by atoms with Gasteiger partial charge >= 0.3 is 0 Å². The standard InChI is InChI=1S/C24H19N3O2/c1-16-11-12-19(14-22(16)27-23(28)17-7-3-2-4-8-17)24(29)26-20-13-18-9-5-6-10-21(18)25-15-20/h2-15H,1H3,(H,26,29)(H,27,28). The molecular weight excluding hydrogens is 362 g/mol. The van der Waals surface area contributed by atoms with Crippen molar-refractivity contribution in [3.05, 3.63) is 102 Å². The molecule has 0 spiro atoms. The molecule has 1 heterocycles. The third kappa shape index (κ3) is 4.14. The number of hydrogen-bond acceptors (Lipinski definition) is 3. The number of amides is 2. The van der Waals surface area contributed by atoms with Crippen LogP contribution in [0.1, 0.15) is 26.3 Å². The lowest BCUT2D eigenvalue weighted by molar-refractivity contribution is 0.101. The fourth-order valence-corrected chi connectivity index (χ4v) is 3.02. The molecule has 0 aliphatic rings. The summed E-state index contributed by atoms with van der Waals surface area (Å²) in [4.78, 5) is 29.5. The number of aromatic nitrogens is 1. The summed E-state index contributed by atoms with van der Waals surface area (Å²) in [6.45, 7) is 1.88. The zero-order valence-electron chi connectivity index (χ0n) is 15.8. The Labute approximate surface area is 168 Å². The lowest BCUT2D eigenvalue weighted by Crippen LogP contribution is -2.15. The van der Waals surface area contributed by atoms with Crippen LogP contribution in [0.25, 0.3) is 10.9 Å². The maximum absolute atomic E-state index is 12.7. The largest absolute Gasteiger partial charge is 0.322 e. The average molecular weight is 381 g/mol. The minimum atomic E-state index is -0.266. The van der Waals surface area contributed by atoms with Crippen molar-refractivity contribution in [3.8, 4) is 0 Å². The minimum absolute atomic E-state index is 0.218. The molecule has 0 saturated heterocycles. The maximum Gasteiger partial charge on any atom is 0.255 e. The van der Waals surface area contributed by atoms with Crippen LogP contribution in [0.3, 0.4) is 0 Å². The summed E-state index contributed by atoms with van der Waals surface area (Å²) < 4.78 is 0. The van der Waals surface area contributed by atoms with Gasteiger partial charge in [0.05, 0.1) is 17.4 Å². The molecule has 2 N–H and O–H groups in total. The Morgan fingerprint density at radius 3 is 2.31 bits per heavy atom. The normalized spacial score (nSPS) is 10.5. The van der Waals surface area contributed by atoms with Crippen LogP contribution in [0.4, 0.5) is 11.4 Å². The molecule has 29 heavy (non-hydrogen) atoms. The Hall–Kier alpha value is -3.99. The number of benzene rings is 3. The molecule has 5 nitrogen and oxygen atoms in total. The summed E-state index contributed by atoms with van der Waals surface area (Å²) in [5.74, 6) is -0.484. The van der Waals surface area contributed by atoms with E-state index in [2.05, 4.69) is 15.6 Å². The molecule has 2 amide bonds. The number of para-hydroxylation sites is 1. The summed E-state index contributed by atoms with van der Waals surface area (Å²) in [6.07, 6.45) is 1.63. The van der Waals surface area contributed by atoms with Crippen molar-refractivity contribution in [3.63, 3.8) is 0 Å². The fourth-order valence-electron chi connectivity index (χ4n) is 3.02. The van der Waals surface area contributed by atoms with Gasteiger partial charge in [0.25, 0.3) is 11.8 Å². The van der Waals surface area contributed by atoms with E-state index in [1.807, 2.05) is 61.5 Å². The highest BCUT2D eigenvalue weighted by Crippen LogP contribution is 2.20. The molecule has 0 fully saturated rings. The van der Waals surface area contributed by atoms with E-state index in [1.54, 1.807) is 30.5 Å². The van der Waals surface area contributed by atoms with Gasteiger partial charge in [0.2, 0.25) is 0 Å². The number of carbonyl (C=O) groups is 2. The van der Waals surface area contributed by atoms with Crippen LogP contribution < -0.4 is 10.6 Å². The molecule has 4 aromatic rings. The molecule has 3 aromatic carbocycles. The molecule has 0 radical (unpaired) electrons. The summed E-state index contributed by atoms with van der Waals surface area (Å²) in [5, 5.41) is 6.70. The SMILES string of the molecule is Cc1ccc(C(=O)Nc2cnc3ccccc3c2)cc1NC(=O)c1ccccc1. The number of fused-ring (bicyclic) bond motifs is 1. The van der Waals surface area contributed by atoms with Crippen molar-refractivity contribution in [2.24, 2.45) is 0 Å². The predicted molar refractivity (Wildman–Crippen MR) is 115 cm³/mol. The van der Waals surface area contributed by atoms with E-state index in [0.29, 0.717) is 22.5 Å². The zero-order chi connectivity index (χ0) is 20.2. The Bertz CT molecular complexity index is 1200. The fraction of sp³-hybridized carbons (Fsp3) is 0.0417. The van der Waals surface area contributed by atoms with Crippen LogP contribution in [0.15, 0.2) is 85.1 Å². The summed E-state index contributed by atoms with van der Waals surface area (Å²) >= 11 is 0. The second-order valence-corrected chi connectivity index (χ2v) is 6.72. The van der Waals surface area contributed by atoms with Crippen LogP contribution in [-0.2, 0) is 0 Å². The maximum atomic E-state index is 12.7. The van der Waals surface area contributed by atoms with E-state index >= 15 is 0 Å². The molecule has 0 aliphatic carbocycles. The highest BCUT2D eigenvalue weighted by atomic mass is 16.2. The van der Waals surface area contributed by atoms with E-state index in [0.717, 1.165) is 16.5 Å². The number of rotatable bonds is 4. The van der Waals surface area contributed by atoms with E-state index in [1.165, 1.54) is 0 Å². The van der Waals surface area contributed by atoms with Gasteiger partial charge in [-0.05, 0) is 48.9 Å². The van der Waals surface area contributed by atoms with Crippen molar-refractivity contribution in [2.75, 3.05) is 10.6 Å². The van der Waals surface area contributed by atoms with Crippen LogP contribution in [0.5, 0.6) is 0 Å². The van der Waals surface area contributed by atoms with Gasteiger partial charge in [-0.15, -0.1) is 0 Å². The lowest BCUT2D eigenvalue weighted by atomic mass is 10.1. The molecule has 4 rings (SSSR count). The Morgan fingerprint density at radius 1 is 0.759 bits per heavy atom. The zero-order valence-corrected chi connectivity index (χ0v) is 15.8. The molecule has 0 bridgehead atoms. The van der Waals surface area contributed by atoms with Crippen LogP contribution in [0, 0.1) is 6.92 Å². The third-order valence-electron chi connectivity index (χ3n) is 4.63. The van der Waals surface area contributed by atoms with Crippen molar-refractivity contribution < 1.29 is 9.59 Å². The number of aryl methyl sites for hydroxylation is 1. The Balaban J connectivity index is 1.54. The van der Waals surface area contributed by atoms with Crippen LogP contribution >= 0.6 is 0 Å². The van der Waals surface area contributed by atoms with Crippen molar-refractivity contribution in [1.82, 2.24) is 4.98 Å². The monoisotopic (exact) mass is 381 g/mol. The summed E-state index contributed by atoms with van der Waals surface area (Å²) in [6, 6.07) is 23.8. The van der Waals surface area contributed by atoms with Gasteiger partial charge in [0.15, 0.2) is 0 Å². The summed E-state index contributed by atoms with van der Waals surface area (Å²) in [5.41, 5.74) is 3.97. The van der Waals surface area contributed by atoms with Gasteiger partial charge in [-0.2, -0.15) is 0 Å². The number of hydrogen-bond donors (Lipinski definition) is 2. The van der Waals surface area contributed by atoms with Crippen molar-refractivity contribution in [1.29, 1.82) is 0 Å². The van der Waals surface area contributed by atoms with Crippen LogP contribution in [-0.4, -0.2) is 16.8 Å². The molecular formula is C24H19N3O2. The van der Waals surface area contributed by atoms with E-state index in [4.69, 9.17) is 0 Å². The summed E-state index contributed by atoms with van der Waals surface area (Å²) in [7, 11) is 0. The number of nitrogens with zero attached hydrogens (tertiary/aromatic N) is 1. The number of anilines is 2. The quantitative estimate of drug-likeness (QED) is 0.520. The number of nitrogens with one attached hydrogen (secondary N) is 2. The first-order chi connectivity index (χ1) is 14.1. The minimum Gasteiger partial charge on any atom is -0.322 e. The second kappa shape index (κ2) is 7.94. The first-order valence-electron chi connectivity index (χ1n) is 9.23. The van der Waals surface area contributed by atoms with Crippen molar-refractivity contribution in [2.45, 2.75) is 6.92 Å². The Morgan fingerprint density at radius 2 is 1.48 bits per heavy atom. The Kier molecular flexibility index (Phi) is 5.03. The van der Waals surface area contributed by atoms with E-state index in [-0.39, 0.29) is 11.8 Å². The first kappa shape index (κ1) is 18.4. The third-order valence-corrected chi connectivity index (χ3v) is 4.63. The average Bonchev–Trinajstić information content (AvgIpc) is 2.75. The predicted octanol–water partition coefficient (Wildman–Crippen LogP) is 5.05. The van der Waals surface area contributed by atoms with E-state index < -0.39 is 0 Å². The van der Waals surface area contributed by atoms with Crippen LogP contribution in [0.2, 0.25) is 0 Å². The van der Waals surface area contributed by atoms with Gasteiger partial charge in [-0.25, -0.2) is 0 Å². The van der Waals surface area contributed by atoms with Gasteiger partial charge in [0, 0.05) is 22.2 Å². The smallest absolute Gasteiger partial charge is 0.255 e. The second-order valence-electron chi connectivity index (χ2n) is 6.72. The van der Waals surface area contributed by atoms with Gasteiger partial charge in [-0.1, -0.05) is 42.5 Å².